The number of carbonyl (C=O) groups excluding carboxylic acids is 1. The van der Waals surface area contributed by atoms with E-state index in [1.165, 1.54) is 16.9 Å². The first-order chi connectivity index (χ1) is 9.63. The van der Waals surface area contributed by atoms with Crippen molar-refractivity contribution in [2.24, 2.45) is 0 Å². The molecule has 0 aliphatic carbocycles. The Morgan fingerprint density at radius 1 is 1.40 bits per heavy atom. The summed E-state index contributed by atoms with van der Waals surface area (Å²) in [7, 11) is 0. The average Bonchev–Trinajstić information content (AvgIpc) is 2.75. The molecule has 2 aromatic rings. The third kappa shape index (κ3) is 3.46. The second-order valence-corrected chi connectivity index (χ2v) is 6.84. The molecular formula is C15H20N2OS2. The molecule has 1 amide bonds. The Balaban J connectivity index is 2.04. The molecule has 0 saturated heterocycles. The first-order valence-corrected chi connectivity index (χ1v) is 8.90. The minimum atomic E-state index is -0.0505. The summed E-state index contributed by atoms with van der Waals surface area (Å²) in [6, 6.07) is 6.09. The lowest BCUT2D eigenvalue weighted by Gasteiger charge is -2.03. The first kappa shape index (κ1) is 15.2. The highest BCUT2D eigenvalue weighted by Crippen LogP contribution is 2.34. The number of thiophene rings is 1. The molecule has 5 heteroatoms. The summed E-state index contributed by atoms with van der Waals surface area (Å²) in [5.74, 6) is 1.09. The number of aryl methyl sites for hydroxylation is 1. The van der Waals surface area contributed by atoms with Gasteiger partial charge in [-0.1, -0.05) is 12.1 Å². The summed E-state index contributed by atoms with van der Waals surface area (Å²) in [5, 5.41) is 3.94. The molecule has 0 radical (unpaired) electrons. The van der Waals surface area contributed by atoms with Crippen LogP contribution in [0.1, 0.15) is 28.1 Å². The van der Waals surface area contributed by atoms with Crippen LogP contribution in [0.3, 0.4) is 0 Å². The summed E-state index contributed by atoms with van der Waals surface area (Å²) >= 11 is 3.31. The number of fused-ring (bicyclic) bond motifs is 1. The Bertz CT molecular complexity index is 607. The van der Waals surface area contributed by atoms with Crippen LogP contribution < -0.4 is 11.1 Å². The molecule has 0 aliphatic rings. The summed E-state index contributed by atoms with van der Waals surface area (Å²) < 4.78 is 1.08. The van der Waals surface area contributed by atoms with E-state index in [9.17, 15) is 4.79 Å². The minimum absolute atomic E-state index is 0.0505. The molecule has 2 rings (SSSR count). The highest BCUT2D eigenvalue weighted by atomic mass is 32.2. The molecule has 0 bridgehead atoms. The fourth-order valence-corrected chi connectivity index (χ4v) is 3.68. The standard InChI is InChI=1S/C15H20N2OS2/c1-10-5-6-11-12(9-10)20-14(13(11)16)15(18)17-7-3-4-8-19-2/h5-6,9H,3-4,7-8,16H2,1-2H3,(H,17,18). The van der Waals surface area contributed by atoms with Gasteiger partial charge in [0.25, 0.3) is 5.91 Å². The van der Waals surface area contributed by atoms with Crippen molar-refractivity contribution in [3.05, 3.63) is 28.6 Å². The van der Waals surface area contributed by atoms with E-state index < -0.39 is 0 Å². The number of hydrogen-bond donors (Lipinski definition) is 2. The molecule has 1 heterocycles. The molecule has 0 atom stereocenters. The summed E-state index contributed by atoms with van der Waals surface area (Å²) in [6.45, 7) is 2.76. The van der Waals surface area contributed by atoms with E-state index in [1.54, 1.807) is 0 Å². The third-order valence-corrected chi connectivity index (χ3v) is 5.01. The number of amides is 1. The van der Waals surface area contributed by atoms with Crippen molar-refractivity contribution in [2.45, 2.75) is 19.8 Å². The maximum atomic E-state index is 12.2. The van der Waals surface area contributed by atoms with Gasteiger partial charge in [-0.05, 0) is 43.4 Å². The molecule has 1 aromatic heterocycles. The SMILES string of the molecule is CSCCCCNC(=O)c1sc2cc(C)ccc2c1N. The van der Waals surface area contributed by atoms with Crippen LogP contribution in [0.2, 0.25) is 0 Å². The molecular weight excluding hydrogens is 288 g/mol. The average molecular weight is 308 g/mol. The largest absolute Gasteiger partial charge is 0.397 e. The monoisotopic (exact) mass is 308 g/mol. The maximum absolute atomic E-state index is 12.2. The van der Waals surface area contributed by atoms with Gasteiger partial charge >= 0.3 is 0 Å². The van der Waals surface area contributed by atoms with Gasteiger partial charge in [-0.25, -0.2) is 0 Å². The number of hydrogen-bond acceptors (Lipinski definition) is 4. The van der Waals surface area contributed by atoms with Crippen molar-refractivity contribution in [1.29, 1.82) is 0 Å². The van der Waals surface area contributed by atoms with Gasteiger partial charge in [0.15, 0.2) is 0 Å². The molecule has 0 spiro atoms. The van der Waals surface area contributed by atoms with Gasteiger partial charge in [0.1, 0.15) is 4.88 Å². The molecule has 0 unspecified atom stereocenters. The van der Waals surface area contributed by atoms with Crippen molar-refractivity contribution in [3.63, 3.8) is 0 Å². The second kappa shape index (κ2) is 6.99. The Morgan fingerprint density at radius 3 is 2.95 bits per heavy atom. The van der Waals surface area contributed by atoms with Crippen LogP contribution in [0.5, 0.6) is 0 Å². The summed E-state index contributed by atoms with van der Waals surface area (Å²) in [5.41, 5.74) is 7.87. The van der Waals surface area contributed by atoms with E-state index in [1.807, 2.05) is 30.8 Å². The smallest absolute Gasteiger partial charge is 0.263 e. The second-order valence-electron chi connectivity index (χ2n) is 4.80. The van der Waals surface area contributed by atoms with E-state index in [0.717, 1.165) is 28.7 Å². The zero-order chi connectivity index (χ0) is 14.5. The highest BCUT2D eigenvalue weighted by molar-refractivity contribution is 7.98. The molecule has 0 saturated carbocycles. The minimum Gasteiger partial charge on any atom is -0.397 e. The van der Waals surface area contributed by atoms with Gasteiger partial charge in [0.2, 0.25) is 0 Å². The van der Waals surface area contributed by atoms with Gasteiger partial charge in [-0.2, -0.15) is 11.8 Å². The number of nitrogens with one attached hydrogen (secondary N) is 1. The van der Waals surface area contributed by atoms with Crippen LogP contribution in [0.4, 0.5) is 5.69 Å². The van der Waals surface area contributed by atoms with Crippen LogP contribution in [0.25, 0.3) is 10.1 Å². The van der Waals surface area contributed by atoms with Gasteiger partial charge in [-0.15, -0.1) is 11.3 Å². The van der Waals surface area contributed by atoms with Crippen LogP contribution >= 0.6 is 23.1 Å². The Morgan fingerprint density at radius 2 is 2.20 bits per heavy atom. The van der Waals surface area contributed by atoms with Gasteiger partial charge in [0.05, 0.1) is 5.69 Å². The molecule has 3 nitrogen and oxygen atoms in total. The molecule has 0 fully saturated rings. The molecule has 3 N–H and O–H groups in total. The molecule has 1 aromatic carbocycles. The number of thioether (sulfide) groups is 1. The number of anilines is 1. The zero-order valence-electron chi connectivity index (χ0n) is 11.9. The molecule has 108 valence electrons. The lowest BCUT2D eigenvalue weighted by Crippen LogP contribution is -2.24. The van der Waals surface area contributed by atoms with Crippen molar-refractivity contribution in [1.82, 2.24) is 5.32 Å². The lowest BCUT2D eigenvalue weighted by atomic mass is 10.1. The fourth-order valence-electron chi connectivity index (χ4n) is 2.05. The first-order valence-electron chi connectivity index (χ1n) is 6.69. The third-order valence-electron chi connectivity index (χ3n) is 3.15. The van der Waals surface area contributed by atoms with Crippen LogP contribution in [-0.4, -0.2) is 24.5 Å². The van der Waals surface area contributed by atoms with Crippen LogP contribution in [0, 0.1) is 6.92 Å². The van der Waals surface area contributed by atoms with Crippen molar-refractivity contribution >= 4 is 44.8 Å². The molecule has 0 aliphatic heterocycles. The van der Waals surface area contributed by atoms with E-state index in [0.29, 0.717) is 17.1 Å². The fraction of sp³-hybridized carbons (Fsp3) is 0.400. The number of rotatable bonds is 6. The Kier molecular flexibility index (Phi) is 5.31. The van der Waals surface area contributed by atoms with E-state index >= 15 is 0 Å². The predicted octanol–water partition coefficient (Wildman–Crippen LogP) is 3.66. The van der Waals surface area contributed by atoms with E-state index in [-0.39, 0.29) is 5.91 Å². The topological polar surface area (TPSA) is 55.1 Å². The number of carbonyl (C=O) groups is 1. The van der Waals surface area contributed by atoms with Crippen molar-refractivity contribution < 1.29 is 4.79 Å². The number of nitrogens with two attached hydrogens (primary N) is 1. The number of unbranched alkanes of at least 4 members (excludes halogenated alkanes) is 1. The lowest BCUT2D eigenvalue weighted by molar-refractivity contribution is 0.0958. The predicted molar refractivity (Wildman–Crippen MR) is 90.9 cm³/mol. The van der Waals surface area contributed by atoms with Gasteiger partial charge in [-0.3, -0.25) is 4.79 Å². The van der Waals surface area contributed by atoms with Gasteiger partial charge in [0, 0.05) is 16.6 Å². The van der Waals surface area contributed by atoms with E-state index in [4.69, 9.17) is 5.73 Å². The van der Waals surface area contributed by atoms with E-state index in [2.05, 4.69) is 17.6 Å². The Labute approximate surface area is 127 Å². The number of nitrogen functional groups attached to an aromatic ring is 1. The van der Waals surface area contributed by atoms with Crippen LogP contribution in [-0.2, 0) is 0 Å². The highest BCUT2D eigenvalue weighted by Gasteiger charge is 2.15. The molecule has 20 heavy (non-hydrogen) atoms. The van der Waals surface area contributed by atoms with Crippen molar-refractivity contribution in [2.75, 3.05) is 24.3 Å². The van der Waals surface area contributed by atoms with Gasteiger partial charge < -0.3 is 11.1 Å². The number of benzene rings is 1. The van der Waals surface area contributed by atoms with Crippen molar-refractivity contribution in [3.8, 4) is 0 Å². The summed E-state index contributed by atoms with van der Waals surface area (Å²) in [4.78, 5) is 12.8. The quantitative estimate of drug-likeness (QED) is 0.801. The normalized spacial score (nSPS) is 10.9. The summed E-state index contributed by atoms with van der Waals surface area (Å²) in [6.07, 6.45) is 4.23. The Hall–Kier alpha value is -1.20. The van der Waals surface area contributed by atoms with Crippen LogP contribution in [0.15, 0.2) is 18.2 Å². The zero-order valence-corrected chi connectivity index (χ0v) is 13.5. The maximum Gasteiger partial charge on any atom is 0.263 e.